The summed E-state index contributed by atoms with van der Waals surface area (Å²) in [6.45, 7) is 3.33. The number of carbonyl (C=O) groups excluding carboxylic acids is 3. The van der Waals surface area contributed by atoms with Gasteiger partial charge in [-0.1, -0.05) is 0 Å². The number of esters is 1. The molecule has 122 valence electrons. The average Bonchev–Trinajstić information content (AvgIpc) is 2.39. The van der Waals surface area contributed by atoms with Gasteiger partial charge in [0, 0.05) is 6.42 Å². The van der Waals surface area contributed by atoms with Crippen molar-refractivity contribution >= 4 is 23.9 Å². The van der Waals surface area contributed by atoms with E-state index < -0.39 is 29.3 Å². The molecule has 0 aliphatic heterocycles. The number of hydrogen-bond acceptors (Lipinski definition) is 5. The summed E-state index contributed by atoms with van der Waals surface area (Å²) in [4.78, 5) is 37.9. The van der Waals surface area contributed by atoms with Crippen molar-refractivity contribution in [2.24, 2.45) is 0 Å². The van der Waals surface area contributed by atoms with Crippen molar-refractivity contribution < 1.29 is 29.0 Å². The van der Waals surface area contributed by atoms with Gasteiger partial charge < -0.3 is 20.7 Å². The predicted octanol–water partition coefficient (Wildman–Crippen LogP) is -0.0123. The monoisotopic (exact) mass is 311 g/mol. The SMILES string of the molecule is CC(C)OC(=O)[C@H](CCC(=O)C=[N+]=[N-])NC(=O)C1(O)CCC1. The third-order valence-corrected chi connectivity index (χ3v) is 3.43. The van der Waals surface area contributed by atoms with Gasteiger partial charge in [0.2, 0.25) is 5.78 Å². The van der Waals surface area contributed by atoms with Crippen LogP contribution in [0, 0.1) is 0 Å². The Kier molecular flexibility index (Phi) is 6.39. The first-order chi connectivity index (χ1) is 10.3. The van der Waals surface area contributed by atoms with E-state index in [4.69, 9.17) is 10.3 Å². The molecule has 1 aliphatic rings. The summed E-state index contributed by atoms with van der Waals surface area (Å²) in [6.07, 6.45) is 1.71. The molecule has 2 N–H and O–H groups in total. The largest absolute Gasteiger partial charge is 0.461 e. The van der Waals surface area contributed by atoms with E-state index >= 15 is 0 Å². The second-order valence-electron chi connectivity index (χ2n) is 5.65. The summed E-state index contributed by atoms with van der Waals surface area (Å²) in [7, 11) is 0. The molecule has 1 amide bonds. The molecule has 1 rings (SSSR count). The number of nitrogens with one attached hydrogen (secondary N) is 1. The number of amides is 1. The second-order valence-corrected chi connectivity index (χ2v) is 5.65. The minimum atomic E-state index is -1.44. The average molecular weight is 311 g/mol. The maximum absolute atomic E-state index is 12.0. The Bertz CT molecular complexity index is 493. The molecule has 0 aromatic carbocycles. The molecular formula is C14H21N3O5. The van der Waals surface area contributed by atoms with E-state index in [0.29, 0.717) is 12.8 Å². The quantitative estimate of drug-likeness (QED) is 0.282. The van der Waals surface area contributed by atoms with Gasteiger partial charge in [0.05, 0.1) is 6.10 Å². The number of aliphatic hydroxyl groups is 1. The summed E-state index contributed by atoms with van der Waals surface area (Å²) in [5.74, 6) is -1.78. The number of ether oxygens (including phenoxy) is 1. The first-order valence-electron chi connectivity index (χ1n) is 7.22. The van der Waals surface area contributed by atoms with Crippen LogP contribution in [0.2, 0.25) is 0 Å². The lowest BCUT2D eigenvalue weighted by molar-refractivity contribution is -0.157. The van der Waals surface area contributed by atoms with Crippen molar-refractivity contribution in [3.05, 3.63) is 5.53 Å². The van der Waals surface area contributed by atoms with E-state index in [1.165, 1.54) is 0 Å². The Labute approximate surface area is 128 Å². The van der Waals surface area contributed by atoms with E-state index in [0.717, 1.165) is 12.6 Å². The minimum Gasteiger partial charge on any atom is -0.461 e. The standard InChI is InChI=1S/C14H21N3O5/c1-9(2)22-12(19)11(5-4-10(18)8-16-15)17-13(20)14(21)6-3-7-14/h8-9,11,21H,3-7H2,1-2H3,(H,17,20)/t11-/m0/s1. The van der Waals surface area contributed by atoms with Crippen LogP contribution in [0.1, 0.15) is 46.0 Å². The smallest absolute Gasteiger partial charge is 0.328 e. The van der Waals surface area contributed by atoms with Crippen LogP contribution in [-0.2, 0) is 19.1 Å². The summed E-state index contributed by atoms with van der Waals surface area (Å²) in [5, 5.41) is 12.4. The molecular weight excluding hydrogens is 290 g/mol. The van der Waals surface area contributed by atoms with Crippen LogP contribution in [0.5, 0.6) is 0 Å². The van der Waals surface area contributed by atoms with Crippen LogP contribution in [0.4, 0.5) is 0 Å². The van der Waals surface area contributed by atoms with Gasteiger partial charge in [-0.25, -0.2) is 4.79 Å². The van der Waals surface area contributed by atoms with Crippen molar-refractivity contribution in [3.8, 4) is 0 Å². The van der Waals surface area contributed by atoms with Gasteiger partial charge in [-0.15, -0.1) is 0 Å². The van der Waals surface area contributed by atoms with Gasteiger partial charge >= 0.3 is 12.2 Å². The number of Topliss-reactive ketones (excluding diaryl/α,β-unsaturated/α-hetero) is 1. The molecule has 0 unspecified atom stereocenters. The Morgan fingerprint density at radius 3 is 2.50 bits per heavy atom. The van der Waals surface area contributed by atoms with Crippen LogP contribution >= 0.6 is 0 Å². The van der Waals surface area contributed by atoms with E-state index in [2.05, 4.69) is 10.1 Å². The van der Waals surface area contributed by atoms with Gasteiger partial charge in [0.25, 0.3) is 5.91 Å². The number of hydrogen-bond donors (Lipinski definition) is 2. The van der Waals surface area contributed by atoms with E-state index in [1.807, 2.05) is 0 Å². The molecule has 0 spiro atoms. The summed E-state index contributed by atoms with van der Waals surface area (Å²) in [6, 6.07) is -1.03. The Hall–Kier alpha value is -2.05. The van der Waals surface area contributed by atoms with Crippen LogP contribution < -0.4 is 5.32 Å². The number of rotatable bonds is 8. The number of carbonyl (C=O) groups is 3. The highest BCUT2D eigenvalue weighted by Gasteiger charge is 2.43. The Balaban J connectivity index is 2.68. The molecule has 0 aromatic heterocycles. The molecule has 0 heterocycles. The molecule has 8 heteroatoms. The van der Waals surface area contributed by atoms with Crippen LogP contribution in [0.25, 0.3) is 5.53 Å². The van der Waals surface area contributed by atoms with Gasteiger partial charge in [-0.05, 0) is 39.5 Å². The molecule has 0 radical (unpaired) electrons. The molecule has 0 saturated heterocycles. The molecule has 1 atom stereocenters. The highest BCUT2D eigenvalue weighted by Crippen LogP contribution is 2.31. The van der Waals surface area contributed by atoms with E-state index in [9.17, 15) is 19.5 Å². The zero-order chi connectivity index (χ0) is 16.8. The van der Waals surface area contributed by atoms with Gasteiger partial charge in [0.1, 0.15) is 11.6 Å². The van der Waals surface area contributed by atoms with Crippen LogP contribution in [0.3, 0.4) is 0 Å². The molecule has 1 aliphatic carbocycles. The fraction of sp³-hybridized carbons (Fsp3) is 0.714. The lowest BCUT2D eigenvalue weighted by atomic mass is 9.79. The second kappa shape index (κ2) is 7.82. The Morgan fingerprint density at radius 1 is 1.41 bits per heavy atom. The predicted molar refractivity (Wildman–Crippen MR) is 75.9 cm³/mol. The zero-order valence-corrected chi connectivity index (χ0v) is 12.7. The lowest BCUT2D eigenvalue weighted by Gasteiger charge is -2.35. The summed E-state index contributed by atoms with van der Waals surface area (Å²) < 4.78 is 5.04. The third-order valence-electron chi connectivity index (χ3n) is 3.43. The molecule has 1 fully saturated rings. The maximum atomic E-state index is 12.0. The van der Waals surface area contributed by atoms with E-state index in [1.54, 1.807) is 13.8 Å². The summed E-state index contributed by atoms with van der Waals surface area (Å²) in [5.41, 5.74) is 6.84. The molecule has 1 saturated carbocycles. The number of nitrogens with zero attached hydrogens (tertiary/aromatic N) is 2. The normalized spacial score (nSPS) is 16.9. The van der Waals surface area contributed by atoms with Crippen LogP contribution in [0.15, 0.2) is 0 Å². The van der Waals surface area contributed by atoms with Gasteiger partial charge in [-0.3, -0.25) is 9.59 Å². The number of ketones is 1. The minimum absolute atomic E-state index is 0.00176. The lowest BCUT2D eigenvalue weighted by Crippen LogP contribution is -2.56. The first-order valence-corrected chi connectivity index (χ1v) is 7.22. The van der Waals surface area contributed by atoms with Crippen molar-refractivity contribution in [2.75, 3.05) is 0 Å². The summed E-state index contributed by atoms with van der Waals surface area (Å²) >= 11 is 0. The zero-order valence-electron chi connectivity index (χ0n) is 12.7. The molecule has 8 nitrogen and oxygen atoms in total. The van der Waals surface area contributed by atoms with E-state index in [-0.39, 0.29) is 18.9 Å². The molecule has 22 heavy (non-hydrogen) atoms. The first kappa shape index (κ1) is 18.0. The topological polar surface area (TPSA) is 129 Å². The highest BCUT2D eigenvalue weighted by atomic mass is 16.5. The molecule has 0 aromatic rings. The van der Waals surface area contributed by atoms with Crippen molar-refractivity contribution in [3.63, 3.8) is 0 Å². The van der Waals surface area contributed by atoms with Gasteiger partial charge in [-0.2, -0.15) is 4.79 Å². The molecule has 0 bridgehead atoms. The van der Waals surface area contributed by atoms with Crippen molar-refractivity contribution in [2.45, 2.75) is 63.7 Å². The fourth-order valence-corrected chi connectivity index (χ4v) is 2.01. The maximum Gasteiger partial charge on any atom is 0.328 e. The highest BCUT2D eigenvalue weighted by molar-refractivity contribution is 6.25. The van der Waals surface area contributed by atoms with Crippen molar-refractivity contribution in [1.82, 2.24) is 5.32 Å². The third kappa shape index (κ3) is 5.05. The Morgan fingerprint density at radius 2 is 2.05 bits per heavy atom. The van der Waals surface area contributed by atoms with Crippen LogP contribution in [-0.4, -0.2) is 51.5 Å². The van der Waals surface area contributed by atoms with Gasteiger partial charge in [0.15, 0.2) is 0 Å². The fourth-order valence-electron chi connectivity index (χ4n) is 2.01. The van der Waals surface area contributed by atoms with Crippen molar-refractivity contribution in [1.29, 1.82) is 0 Å².